The fraction of sp³-hybridized carbons (Fsp3) is 0.846. The second kappa shape index (κ2) is 6.86. The van der Waals surface area contributed by atoms with E-state index >= 15 is 0 Å². The second-order valence-electron chi connectivity index (χ2n) is 5.24. The summed E-state index contributed by atoms with van der Waals surface area (Å²) >= 11 is 0. The predicted octanol–water partition coefficient (Wildman–Crippen LogP) is -0.262. The van der Waals surface area contributed by atoms with Crippen LogP contribution in [0, 0.1) is 0 Å². The van der Waals surface area contributed by atoms with Crippen LogP contribution < -0.4 is 10.6 Å². The van der Waals surface area contributed by atoms with Gasteiger partial charge >= 0.3 is 5.97 Å². The van der Waals surface area contributed by atoms with Gasteiger partial charge in [0.2, 0.25) is 5.91 Å². The first-order chi connectivity index (χ1) is 8.89. The summed E-state index contributed by atoms with van der Waals surface area (Å²) in [5, 5.41) is 5.98. The van der Waals surface area contributed by atoms with Crippen molar-refractivity contribution in [1.29, 1.82) is 0 Å². The van der Waals surface area contributed by atoms with Crippen LogP contribution in [0.25, 0.3) is 0 Å². The number of amides is 1. The van der Waals surface area contributed by atoms with E-state index in [4.69, 9.17) is 4.74 Å². The number of nitrogens with zero attached hydrogens (tertiary/aromatic N) is 1. The third-order valence-electron chi connectivity index (χ3n) is 3.45. The number of rotatable bonds is 5. The van der Waals surface area contributed by atoms with Gasteiger partial charge in [-0.3, -0.25) is 9.69 Å². The zero-order valence-electron chi connectivity index (χ0n) is 12.3. The van der Waals surface area contributed by atoms with Gasteiger partial charge in [0.05, 0.1) is 12.1 Å². The zero-order chi connectivity index (χ0) is 14.5. The maximum Gasteiger partial charge on any atom is 0.328 e. The summed E-state index contributed by atoms with van der Waals surface area (Å²) in [5.74, 6) is -0.540. The van der Waals surface area contributed by atoms with Gasteiger partial charge in [0, 0.05) is 26.2 Å². The lowest BCUT2D eigenvalue weighted by Crippen LogP contribution is -2.61. The molecule has 1 fully saturated rings. The Kier molecular flexibility index (Phi) is 5.75. The average molecular weight is 271 g/mol. The molecule has 1 atom stereocenters. The second-order valence-corrected chi connectivity index (χ2v) is 5.24. The molecule has 6 nitrogen and oxygen atoms in total. The van der Waals surface area contributed by atoms with Gasteiger partial charge in [-0.05, 0) is 27.7 Å². The van der Waals surface area contributed by atoms with E-state index in [1.807, 2.05) is 13.8 Å². The molecule has 6 heteroatoms. The fourth-order valence-corrected chi connectivity index (χ4v) is 2.07. The molecule has 1 aliphatic rings. The SMILES string of the molecule is CCOC(=O)C(C)NC(=O)C(C)(C)N1CCNCC1. The van der Waals surface area contributed by atoms with Crippen molar-refractivity contribution in [3.05, 3.63) is 0 Å². The molecule has 1 saturated heterocycles. The van der Waals surface area contributed by atoms with E-state index in [1.54, 1.807) is 13.8 Å². The maximum absolute atomic E-state index is 12.3. The molecule has 1 rings (SSSR count). The number of piperazine rings is 1. The number of hydrogen-bond acceptors (Lipinski definition) is 5. The van der Waals surface area contributed by atoms with Crippen molar-refractivity contribution in [3.8, 4) is 0 Å². The van der Waals surface area contributed by atoms with Gasteiger partial charge in [-0.15, -0.1) is 0 Å². The Labute approximate surface area is 114 Å². The molecule has 1 aliphatic heterocycles. The molecular formula is C13H25N3O3. The van der Waals surface area contributed by atoms with Crippen molar-refractivity contribution < 1.29 is 14.3 Å². The minimum atomic E-state index is -0.622. The first-order valence-corrected chi connectivity index (χ1v) is 6.83. The first kappa shape index (κ1) is 15.9. The Bertz CT molecular complexity index is 325. The minimum Gasteiger partial charge on any atom is -0.464 e. The van der Waals surface area contributed by atoms with Crippen LogP contribution in [0.5, 0.6) is 0 Å². The summed E-state index contributed by atoms with van der Waals surface area (Å²) in [6.45, 7) is 10.9. The Morgan fingerprint density at radius 1 is 1.37 bits per heavy atom. The Balaban J connectivity index is 2.57. The highest BCUT2D eigenvalue weighted by Gasteiger charge is 2.36. The Hall–Kier alpha value is -1.14. The topological polar surface area (TPSA) is 70.7 Å². The van der Waals surface area contributed by atoms with Gasteiger partial charge < -0.3 is 15.4 Å². The van der Waals surface area contributed by atoms with Crippen molar-refractivity contribution in [1.82, 2.24) is 15.5 Å². The van der Waals surface area contributed by atoms with Gasteiger partial charge in [-0.2, -0.15) is 0 Å². The molecule has 0 saturated carbocycles. The molecule has 110 valence electrons. The number of nitrogens with one attached hydrogen (secondary N) is 2. The van der Waals surface area contributed by atoms with Crippen molar-refractivity contribution in [3.63, 3.8) is 0 Å². The van der Waals surface area contributed by atoms with E-state index in [1.165, 1.54) is 0 Å². The van der Waals surface area contributed by atoms with E-state index in [-0.39, 0.29) is 5.91 Å². The third kappa shape index (κ3) is 4.18. The van der Waals surface area contributed by atoms with Crippen LogP contribution in [0.3, 0.4) is 0 Å². The van der Waals surface area contributed by atoms with Gasteiger partial charge in [0.15, 0.2) is 0 Å². The molecule has 2 N–H and O–H groups in total. The summed E-state index contributed by atoms with van der Waals surface area (Å²) in [4.78, 5) is 25.9. The standard InChI is InChI=1S/C13H25N3O3/c1-5-19-11(17)10(2)15-12(18)13(3,4)16-8-6-14-7-9-16/h10,14H,5-9H2,1-4H3,(H,15,18). The first-order valence-electron chi connectivity index (χ1n) is 6.83. The average Bonchev–Trinajstić information content (AvgIpc) is 2.39. The number of esters is 1. The summed E-state index contributed by atoms with van der Waals surface area (Å²) in [6.07, 6.45) is 0. The summed E-state index contributed by atoms with van der Waals surface area (Å²) in [5.41, 5.74) is -0.622. The smallest absolute Gasteiger partial charge is 0.328 e. The molecule has 0 spiro atoms. The molecule has 0 radical (unpaired) electrons. The molecule has 19 heavy (non-hydrogen) atoms. The van der Waals surface area contributed by atoms with Crippen molar-refractivity contribution in [2.24, 2.45) is 0 Å². The fourth-order valence-electron chi connectivity index (χ4n) is 2.07. The number of ether oxygens (including phenoxy) is 1. The molecule has 0 aromatic heterocycles. The lowest BCUT2D eigenvalue weighted by Gasteiger charge is -2.40. The molecule has 1 amide bonds. The quantitative estimate of drug-likeness (QED) is 0.674. The largest absolute Gasteiger partial charge is 0.464 e. The zero-order valence-corrected chi connectivity index (χ0v) is 12.3. The summed E-state index contributed by atoms with van der Waals surface area (Å²) in [6, 6.07) is -0.616. The molecule has 1 unspecified atom stereocenters. The van der Waals surface area contributed by atoms with Gasteiger partial charge in [-0.25, -0.2) is 4.79 Å². The Morgan fingerprint density at radius 3 is 2.47 bits per heavy atom. The van der Waals surface area contributed by atoms with Crippen LogP contribution in [0.1, 0.15) is 27.7 Å². The molecule has 0 aliphatic carbocycles. The minimum absolute atomic E-state index is 0.144. The van der Waals surface area contributed by atoms with E-state index < -0.39 is 17.6 Å². The number of hydrogen-bond donors (Lipinski definition) is 2. The lowest BCUT2D eigenvalue weighted by molar-refractivity contribution is -0.148. The van der Waals surface area contributed by atoms with E-state index in [0.717, 1.165) is 26.2 Å². The lowest BCUT2D eigenvalue weighted by atomic mass is 10.00. The van der Waals surface area contributed by atoms with Crippen molar-refractivity contribution in [2.45, 2.75) is 39.3 Å². The number of carbonyl (C=O) groups is 2. The van der Waals surface area contributed by atoms with Crippen LogP contribution in [-0.2, 0) is 14.3 Å². The molecule has 0 aromatic carbocycles. The van der Waals surface area contributed by atoms with Gasteiger partial charge in [-0.1, -0.05) is 0 Å². The van der Waals surface area contributed by atoms with Crippen LogP contribution in [-0.4, -0.2) is 61.1 Å². The van der Waals surface area contributed by atoms with Crippen molar-refractivity contribution >= 4 is 11.9 Å². The van der Waals surface area contributed by atoms with Gasteiger partial charge in [0.25, 0.3) is 0 Å². The maximum atomic E-state index is 12.3. The summed E-state index contributed by atoms with van der Waals surface area (Å²) < 4.78 is 4.89. The van der Waals surface area contributed by atoms with E-state index in [9.17, 15) is 9.59 Å². The van der Waals surface area contributed by atoms with E-state index in [2.05, 4.69) is 15.5 Å². The monoisotopic (exact) mass is 271 g/mol. The highest BCUT2D eigenvalue weighted by atomic mass is 16.5. The van der Waals surface area contributed by atoms with Crippen LogP contribution in [0.4, 0.5) is 0 Å². The van der Waals surface area contributed by atoms with Gasteiger partial charge in [0.1, 0.15) is 6.04 Å². The summed E-state index contributed by atoms with van der Waals surface area (Å²) in [7, 11) is 0. The number of carbonyl (C=O) groups excluding carboxylic acids is 2. The molecule has 0 bridgehead atoms. The molecule has 0 aromatic rings. The Morgan fingerprint density at radius 2 is 1.95 bits per heavy atom. The normalized spacial score (nSPS) is 18.7. The van der Waals surface area contributed by atoms with E-state index in [0.29, 0.717) is 6.61 Å². The third-order valence-corrected chi connectivity index (χ3v) is 3.45. The molecular weight excluding hydrogens is 246 g/mol. The highest BCUT2D eigenvalue weighted by Crippen LogP contribution is 2.15. The highest BCUT2D eigenvalue weighted by molar-refractivity contribution is 5.89. The van der Waals surface area contributed by atoms with Crippen LogP contribution in [0.15, 0.2) is 0 Å². The molecule has 1 heterocycles. The predicted molar refractivity (Wildman–Crippen MR) is 72.8 cm³/mol. The van der Waals surface area contributed by atoms with Crippen LogP contribution in [0.2, 0.25) is 0 Å². The van der Waals surface area contributed by atoms with Crippen LogP contribution >= 0.6 is 0 Å². The van der Waals surface area contributed by atoms with Crippen molar-refractivity contribution in [2.75, 3.05) is 32.8 Å².